The first kappa shape index (κ1) is 20.5. The van der Waals surface area contributed by atoms with E-state index in [9.17, 15) is 18.0 Å². The number of amides is 1. The van der Waals surface area contributed by atoms with Crippen LogP contribution in [0.4, 0.5) is 0 Å². The second-order valence-electron chi connectivity index (χ2n) is 5.48. The molecule has 1 atom stereocenters. The molecular weight excluding hydrogens is 376 g/mol. The second-order valence-corrected chi connectivity index (χ2v) is 7.20. The van der Waals surface area contributed by atoms with Crippen molar-refractivity contribution in [2.24, 2.45) is 0 Å². The molecule has 0 fully saturated rings. The summed E-state index contributed by atoms with van der Waals surface area (Å²) in [6, 6.07) is 7.86. The van der Waals surface area contributed by atoms with E-state index in [0.29, 0.717) is 11.5 Å². The first-order valence-corrected chi connectivity index (χ1v) is 9.42. The van der Waals surface area contributed by atoms with E-state index in [4.69, 9.17) is 13.9 Å². The number of sulfonamides is 1. The number of esters is 1. The van der Waals surface area contributed by atoms with Gasteiger partial charge in [-0.2, -0.15) is 4.72 Å². The van der Waals surface area contributed by atoms with Crippen molar-refractivity contribution in [1.29, 1.82) is 0 Å². The van der Waals surface area contributed by atoms with Crippen molar-refractivity contribution in [3.05, 3.63) is 48.4 Å². The lowest BCUT2D eigenvalue weighted by atomic mass is 10.3. The van der Waals surface area contributed by atoms with E-state index in [0.717, 1.165) is 0 Å². The zero-order valence-electron chi connectivity index (χ0n) is 14.8. The van der Waals surface area contributed by atoms with Gasteiger partial charge in [-0.3, -0.25) is 9.59 Å². The van der Waals surface area contributed by atoms with Crippen LogP contribution in [-0.4, -0.2) is 40.1 Å². The number of benzene rings is 1. The summed E-state index contributed by atoms with van der Waals surface area (Å²) in [5.74, 6) is -0.359. The standard InChI is InChI=1S/C17H20N2O7S/c1-12(19-27(22,23)15-7-5-13(24-2)6-8-15)17(21)26-11-16(20)18-10-14-4-3-9-25-14/h3-9,12,19H,10-11H2,1-2H3,(H,18,20). The fourth-order valence-electron chi connectivity index (χ4n) is 2.02. The maximum Gasteiger partial charge on any atom is 0.324 e. The van der Waals surface area contributed by atoms with Gasteiger partial charge in [0.05, 0.1) is 24.8 Å². The Balaban J connectivity index is 1.82. The van der Waals surface area contributed by atoms with Crippen LogP contribution in [0.5, 0.6) is 5.75 Å². The van der Waals surface area contributed by atoms with Crippen LogP contribution in [0.3, 0.4) is 0 Å². The summed E-state index contributed by atoms with van der Waals surface area (Å²) in [5.41, 5.74) is 0. The van der Waals surface area contributed by atoms with Crippen molar-refractivity contribution >= 4 is 21.9 Å². The SMILES string of the molecule is COc1ccc(S(=O)(=O)NC(C)C(=O)OCC(=O)NCc2ccco2)cc1. The lowest BCUT2D eigenvalue weighted by Crippen LogP contribution is -2.40. The van der Waals surface area contributed by atoms with Crippen molar-refractivity contribution in [3.63, 3.8) is 0 Å². The molecule has 0 spiro atoms. The van der Waals surface area contributed by atoms with Gasteiger partial charge in [0.1, 0.15) is 17.6 Å². The van der Waals surface area contributed by atoms with Crippen LogP contribution in [0, 0.1) is 0 Å². The van der Waals surface area contributed by atoms with Gasteiger partial charge in [-0.1, -0.05) is 0 Å². The van der Waals surface area contributed by atoms with Gasteiger partial charge in [-0.25, -0.2) is 8.42 Å². The molecule has 27 heavy (non-hydrogen) atoms. The highest BCUT2D eigenvalue weighted by Crippen LogP contribution is 2.15. The second kappa shape index (κ2) is 9.19. The highest BCUT2D eigenvalue weighted by atomic mass is 32.2. The average Bonchev–Trinajstić information content (AvgIpc) is 3.17. The first-order valence-electron chi connectivity index (χ1n) is 7.94. The molecule has 1 aromatic carbocycles. The van der Waals surface area contributed by atoms with Crippen LogP contribution in [0.2, 0.25) is 0 Å². The number of rotatable bonds is 9. The molecule has 0 aliphatic heterocycles. The van der Waals surface area contributed by atoms with Crippen LogP contribution in [0.1, 0.15) is 12.7 Å². The zero-order valence-corrected chi connectivity index (χ0v) is 15.6. The molecule has 1 unspecified atom stereocenters. The summed E-state index contributed by atoms with van der Waals surface area (Å²) in [5, 5.41) is 2.50. The Kier molecular flexibility index (Phi) is 6.97. The molecule has 146 valence electrons. The number of furan rings is 1. The van der Waals surface area contributed by atoms with E-state index in [1.165, 1.54) is 44.6 Å². The van der Waals surface area contributed by atoms with Gasteiger partial charge in [0.2, 0.25) is 10.0 Å². The smallest absolute Gasteiger partial charge is 0.324 e. The molecule has 9 nitrogen and oxygen atoms in total. The summed E-state index contributed by atoms with van der Waals surface area (Å²) < 4.78 is 41.6. The van der Waals surface area contributed by atoms with E-state index in [1.807, 2.05) is 0 Å². The van der Waals surface area contributed by atoms with E-state index in [-0.39, 0.29) is 11.4 Å². The van der Waals surface area contributed by atoms with E-state index >= 15 is 0 Å². The Morgan fingerprint density at radius 3 is 2.48 bits per heavy atom. The van der Waals surface area contributed by atoms with E-state index in [2.05, 4.69) is 10.0 Å². The van der Waals surface area contributed by atoms with E-state index in [1.54, 1.807) is 12.1 Å². The third-order valence-corrected chi connectivity index (χ3v) is 5.00. The molecule has 0 aliphatic carbocycles. The Bertz CT molecular complexity index is 861. The molecule has 10 heteroatoms. The Labute approximate surface area is 156 Å². The molecule has 2 N–H and O–H groups in total. The maximum atomic E-state index is 12.3. The van der Waals surface area contributed by atoms with Gasteiger partial charge in [0.25, 0.3) is 5.91 Å². The fraction of sp³-hybridized carbons (Fsp3) is 0.294. The number of carbonyl (C=O) groups excluding carboxylic acids is 2. The number of carbonyl (C=O) groups is 2. The molecule has 2 rings (SSSR count). The van der Waals surface area contributed by atoms with Gasteiger partial charge in [-0.15, -0.1) is 0 Å². The summed E-state index contributed by atoms with van der Waals surface area (Å²) in [4.78, 5) is 23.5. The molecule has 0 aliphatic rings. The fourth-order valence-corrected chi connectivity index (χ4v) is 3.21. The number of methoxy groups -OCH3 is 1. The van der Waals surface area contributed by atoms with Crippen LogP contribution in [0.15, 0.2) is 52.0 Å². The van der Waals surface area contributed by atoms with E-state index < -0.39 is 34.5 Å². The van der Waals surface area contributed by atoms with Crippen LogP contribution in [-0.2, 0) is 30.9 Å². The minimum atomic E-state index is -3.93. The lowest BCUT2D eigenvalue weighted by Gasteiger charge is -2.14. The van der Waals surface area contributed by atoms with Crippen molar-refractivity contribution in [2.75, 3.05) is 13.7 Å². The summed E-state index contributed by atoms with van der Waals surface area (Å²) in [7, 11) is -2.46. The molecule has 1 aromatic heterocycles. The van der Waals surface area contributed by atoms with Crippen LogP contribution in [0.25, 0.3) is 0 Å². The third kappa shape index (κ3) is 6.12. The predicted octanol–water partition coefficient (Wildman–Crippen LogP) is 0.815. The predicted molar refractivity (Wildman–Crippen MR) is 94.3 cm³/mol. The lowest BCUT2D eigenvalue weighted by molar-refractivity contribution is -0.149. The number of nitrogens with one attached hydrogen (secondary N) is 2. The summed E-state index contributed by atoms with van der Waals surface area (Å²) in [6.45, 7) is 0.946. The quantitative estimate of drug-likeness (QED) is 0.601. The minimum Gasteiger partial charge on any atom is -0.497 e. The van der Waals surface area contributed by atoms with Crippen molar-refractivity contribution < 1.29 is 31.9 Å². The largest absolute Gasteiger partial charge is 0.497 e. The highest BCUT2D eigenvalue weighted by molar-refractivity contribution is 7.89. The third-order valence-electron chi connectivity index (χ3n) is 3.44. The van der Waals surface area contributed by atoms with Gasteiger partial charge in [0.15, 0.2) is 6.61 Å². The topological polar surface area (TPSA) is 124 Å². The van der Waals surface area contributed by atoms with Crippen molar-refractivity contribution in [3.8, 4) is 5.75 Å². The Hall–Kier alpha value is -2.85. The minimum absolute atomic E-state index is 0.0286. The number of hydrogen-bond acceptors (Lipinski definition) is 7. The first-order chi connectivity index (χ1) is 12.8. The van der Waals surface area contributed by atoms with Crippen molar-refractivity contribution in [1.82, 2.24) is 10.0 Å². The molecular formula is C17H20N2O7S. The molecule has 0 saturated heterocycles. The van der Waals surface area contributed by atoms with Crippen molar-refractivity contribution in [2.45, 2.75) is 24.4 Å². The van der Waals surface area contributed by atoms with Gasteiger partial charge in [-0.05, 0) is 43.3 Å². The van der Waals surface area contributed by atoms with Gasteiger partial charge < -0.3 is 19.2 Å². The zero-order chi connectivity index (χ0) is 19.9. The average molecular weight is 396 g/mol. The molecule has 1 amide bonds. The number of ether oxygens (including phenoxy) is 2. The van der Waals surface area contributed by atoms with Crippen LogP contribution < -0.4 is 14.8 Å². The monoisotopic (exact) mass is 396 g/mol. The molecule has 0 radical (unpaired) electrons. The van der Waals surface area contributed by atoms with Gasteiger partial charge in [0, 0.05) is 0 Å². The summed E-state index contributed by atoms with van der Waals surface area (Å²) in [6.07, 6.45) is 1.47. The number of hydrogen-bond donors (Lipinski definition) is 2. The Morgan fingerprint density at radius 1 is 1.19 bits per heavy atom. The van der Waals surface area contributed by atoms with Crippen LogP contribution >= 0.6 is 0 Å². The van der Waals surface area contributed by atoms with Gasteiger partial charge >= 0.3 is 5.97 Å². The molecule has 0 saturated carbocycles. The Morgan fingerprint density at radius 2 is 1.89 bits per heavy atom. The highest BCUT2D eigenvalue weighted by Gasteiger charge is 2.23. The summed E-state index contributed by atoms with van der Waals surface area (Å²) >= 11 is 0. The maximum absolute atomic E-state index is 12.3. The molecule has 2 aromatic rings. The molecule has 0 bridgehead atoms. The normalized spacial score (nSPS) is 12.2. The molecule has 1 heterocycles.